The van der Waals surface area contributed by atoms with Crippen molar-refractivity contribution in [1.82, 2.24) is 10.3 Å². The molecule has 0 aromatic carbocycles. The summed E-state index contributed by atoms with van der Waals surface area (Å²) in [6.07, 6.45) is 0.627. The van der Waals surface area contributed by atoms with Gasteiger partial charge >= 0.3 is 0 Å². The van der Waals surface area contributed by atoms with Crippen molar-refractivity contribution in [2.45, 2.75) is 26.2 Å². The van der Waals surface area contributed by atoms with E-state index in [0.29, 0.717) is 16.8 Å². The van der Waals surface area contributed by atoms with Gasteiger partial charge in [0, 0.05) is 12.8 Å². The predicted molar refractivity (Wildman–Crippen MR) is 66.2 cm³/mol. The highest BCUT2D eigenvalue weighted by molar-refractivity contribution is 7.71. The van der Waals surface area contributed by atoms with Crippen LogP contribution in [0.5, 0.6) is 0 Å². The third kappa shape index (κ3) is 3.92. The van der Waals surface area contributed by atoms with Crippen LogP contribution in [0.2, 0.25) is 0 Å². The van der Waals surface area contributed by atoms with Crippen LogP contribution in [0.1, 0.15) is 24.2 Å². The van der Waals surface area contributed by atoms with E-state index in [-0.39, 0.29) is 5.91 Å². The molecule has 2 unspecified atom stereocenters. The summed E-state index contributed by atoms with van der Waals surface area (Å²) in [5.74, 6) is -0.335. The van der Waals surface area contributed by atoms with Crippen molar-refractivity contribution in [1.29, 1.82) is 0 Å². The van der Waals surface area contributed by atoms with Gasteiger partial charge in [-0.15, -0.1) is 0 Å². The van der Waals surface area contributed by atoms with Crippen LogP contribution < -0.4 is 5.32 Å². The zero-order chi connectivity index (χ0) is 12.8. The lowest BCUT2D eigenvalue weighted by molar-refractivity contribution is -0.110. The first kappa shape index (κ1) is 13.8. The smallest absolute Gasteiger partial charge is 0.254 e. The first-order chi connectivity index (χ1) is 8.06. The number of aliphatic hydroxyl groups excluding tert-OH is 1. The second kappa shape index (κ2) is 6.48. The molecule has 6 heteroatoms. The monoisotopic (exact) mass is 256 g/mol. The van der Waals surface area contributed by atoms with Crippen LogP contribution in [0.3, 0.4) is 0 Å². The van der Waals surface area contributed by atoms with Gasteiger partial charge in [0.15, 0.2) is 6.29 Å². The molecule has 94 valence electrons. The zero-order valence-electron chi connectivity index (χ0n) is 9.77. The Morgan fingerprint density at radius 3 is 3.00 bits per heavy atom. The fraction of sp³-hybridized carbons (Fsp3) is 0.455. The molecule has 5 nitrogen and oxygen atoms in total. The van der Waals surface area contributed by atoms with E-state index < -0.39 is 12.3 Å². The third-order valence-electron chi connectivity index (χ3n) is 2.19. The van der Waals surface area contributed by atoms with Crippen LogP contribution in [-0.4, -0.2) is 34.9 Å². The molecule has 0 spiro atoms. The van der Waals surface area contributed by atoms with Crippen LogP contribution >= 0.6 is 12.2 Å². The number of aromatic amines is 1. The van der Waals surface area contributed by atoms with E-state index in [4.69, 9.17) is 17.0 Å². The van der Waals surface area contributed by atoms with Gasteiger partial charge in [0.25, 0.3) is 5.91 Å². The molecule has 0 saturated carbocycles. The minimum absolute atomic E-state index is 0.335. The minimum atomic E-state index is -1.02. The Balaban J connectivity index is 2.67. The largest absolute Gasteiger partial charge is 0.366 e. The summed E-state index contributed by atoms with van der Waals surface area (Å²) in [6, 6.07) is 2.81. The second-order valence-corrected chi connectivity index (χ2v) is 3.93. The van der Waals surface area contributed by atoms with Crippen LogP contribution in [0, 0.1) is 4.64 Å². The van der Waals surface area contributed by atoms with Gasteiger partial charge in [0.2, 0.25) is 0 Å². The molecule has 1 rings (SSSR count). The van der Waals surface area contributed by atoms with Crippen molar-refractivity contribution in [3.8, 4) is 0 Å². The van der Waals surface area contributed by atoms with Gasteiger partial charge in [0.05, 0.1) is 11.6 Å². The van der Waals surface area contributed by atoms with Crippen molar-refractivity contribution in [2.24, 2.45) is 0 Å². The van der Waals surface area contributed by atoms with E-state index in [1.54, 1.807) is 32.2 Å². The second-order valence-electron chi connectivity index (χ2n) is 3.52. The first-order valence-electron chi connectivity index (χ1n) is 5.34. The molecule has 3 N–H and O–H groups in total. The molecule has 0 aliphatic rings. The number of carbonyl (C=O) groups excluding carboxylic acids is 1. The molecule has 2 atom stereocenters. The molecule has 0 fully saturated rings. The average Bonchev–Trinajstić information content (AvgIpc) is 2.29. The number of carbonyl (C=O) groups is 1. The van der Waals surface area contributed by atoms with Gasteiger partial charge in [-0.05, 0) is 26.0 Å². The van der Waals surface area contributed by atoms with E-state index in [2.05, 4.69) is 10.3 Å². The molecule has 0 aliphatic carbocycles. The van der Waals surface area contributed by atoms with E-state index in [0.717, 1.165) is 0 Å². The van der Waals surface area contributed by atoms with Gasteiger partial charge in [-0.25, -0.2) is 0 Å². The lowest BCUT2D eigenvalue weighted by Gasteiger charge is -2.19. The van der Waals surface area contributed by atoms with Gasteiger partial charge in [-0.2, -0.15) is 0 Å². The SMILES string of the molecule is CCOC(O)C(C)NC(=O)c1ccc[nH]c1=S. The lowest BCUT2D eigenvalue weighted by atomic mass is 10.2. The summed E-state index contributed by atoms with van der Waals surface area (Å²) in [7, 11) is 0. The van der Waals surface area contributed by atoms with Crippen LogP contribution in [0.4, 0.5) is 0 Å². The minimum Gasteiger partial charge on any atom is -0.366 e. The number of aliphatic hydroxyl groups is 1. The summed E-state index contributed by atoms with van der Waals surface area (Å²) in [5, 5.41) is 12.1. The van der Waals surface area contributed by atoms with Crippen molar-refractivity contribution in [3.05, 3.63) is 28.5 Å². The molecule has 1 aromatic heterocycles. The van der Waals surface area contributed by atoms with Crippen molar-refractivity contribution >= 4 is 18.1 Å². The van der Waals surface area contributed by atoms with Crippen molar-refractivity contribution in [3.63, 3.8) is 0 Å². The molecule has 1 aromatic rings. The number of hydrogen-bond donors (Lipinski definition) is 3. The molecular formula is C11H16N2O3S. The highest BCUT2D eigenvalue weighted by Gasteiger charge is 2.17. The molecule has 17 heavy (non-hydrogen) atoms. The Labute approximate surface area is 105 Å². The van der Waals surface area contributed by atoms with Crippen molar-refractivity contribution in [2.75, 3.05) is 6.61 Å². The number of aromatic nitrogens is 1. The average molecular weight is 256 g/mol. The number of ether oxygens (including phenoxy) is 1. The zero-order valence-corrected chi connectivity index (χ0v) is 10.6. The summed E-state index contributed by atoms with van der Waals surface area (Å²) in [5.41, 5.74) is 0.373. The highest BCUT2D eigenvalue weighted by Crippen LogP contribution is 2.02. The van der Waals surface area contributed by atoms with Crippen LogP contribution in [0.15, 0.2) is 18.3 Å². The summed E-state index contributed by atoms with van der Waals surface area (Å²) in [6.45, 7) is 3.81. The predicted octanol–water partition coefficient (Wildman–Crippen LogP) is 1.22. The molecule has 0 radical (unpaired) electrons. The topological polar surface area (TPSA) is 74.3 Å². The third-order valence-corrected chi connectivity index (χ3v) is 2.52. The molecular weight excluding hydrogens is 240 g/mol. The van der Waals surface area contributed by atoms with Crippen LogP contribution in [0.25, 0.3) is 0 Å². The summed E-state index contributed by atoms with van der Waals surface area (Å²) >= 11 is 4.99. The Bertz CT molecular complexity index is 433. The fourth-order valence-electron chi connectivity index (χ4n) is 1.27. The molecule has 0 saturated heterocycles. The number of rotatable bonds is 5. The highest BCUT2D eigenvalue weighted by atomic mass is 32.1. The summed E-state index contributed by atoms with van der Waals surface area (Å²) < 4.78 is 5.34. The maximum Gasteiger partial charge on any atom is 0.254 e. The Morgan fingerprint density at radius 2 is 2.41 bits per heavy atom. The van der Waals surface area contributed by atoms with E-state index >= 15 is 0 Å². The Morgan fingerprint density at radius 1 is 1.71 bits per heavy atom. The van der Waals surface area contributed by atoms with Crippen LogP contribution in [-0.2, 0) is 4.74 Å². The fourth-order valence-corrected chi connectivity index (χ4v) is 1.50. The molecule has 0 bridgehead atoms. The number of amides is 1. The lowest BCUT2D eigenvalue weighted by Crippen LogP contribution is -2.42. The number of nitrogens with one attached hydrogen (secondary N) is 2. The van der Waals surface area contributed by atoms with E-state index in [1.807, 2.05) is 0 Å². The normalized spacial score (nSPS) is 14.1. The Kier molecular flexibility index (Phi) is 5.27. The standard InChI is InChI=1S/C11H16N2O3S/c1-3-16-11(15)7(2)13-9(14)8-5-4-6-12-10(8)17/h4-7,11,15H,3H2,1-2H3,(H,12,17)(H,13,14). The van der Waals surface area contributed by atoms with Gasteiger partial charge in [-0.1, -0.05) is 12.2 Å². The first-order valence-corrected chi connectivity index (χ1v) is 5.75. The number of pyridine rings is 1. The number of H-pyrrole nitrogens is 1. The maximum atomic E-state index is 11.8. The molecule has 1 amide bonds. The Hall–Kier alpha value is -1.24. The quantitative estimate of drug-likeness (QED) is 0.547. The van der Waals surface area contributed by atoms with Gasteiger partial charge < -0.3 is 20.1 Å². The summed E-state index contributed by atoms with van der Waals surface area (Å²) in [4.78, 5) is 14.6. The van der Waals surface area contributed by atoms with E-state index in [9.17, 15) is 9.90 Å². The van der Waals surface area contributed by atoms with Gasteiger partial charge in [-0.3, -0.25) is 4.79 Å². The maximum absolute atomic E-state index is 11.8. The number of hydrogen-bond acceptors (Lipinski definition) is 4. The van der Waals surface area contributed by atoms with Gasteiger partial charge in [0.1, 0.15) is 4.64 Å². The van der Waals surface area contributed by atoms with Crippen molar-refractivity contribution < 1.29 is 14.6 Å². The molecule has 0 aliphatic heterocycles. The van der Waals surface area contributed by atoms with E-state index in [1.165, 1.54) is 0 Å². The molecule has 1 heterocycles.